The van der Waals surface area contributed by atoms with E-state index in [1.54, 1.807) is 13.1 Å². The average Bonchev–Trinajstić information content (AvgIpc) is 2.43. The van der Waals surface area contributed by atoms with Gasteiger partial charge < -0.3 is 15.4 Å². The molecule has 1 amide bonds. The van der Waals surface area contributed by atoms with Gasteiger partial charge in [-0.05, 0) is 53.2 Å². The predicted octanol–water partition coefficient (Wildman–Crippen LogP) is 3.31. The number of nitrogens with zero attached hydrogens (tertiary/aromatic N) is 1. The van der Waals surface area contributed by atoms with Gasteiger partial charge in [-0.3, -0.25) is 4.79 Å². The highest BCUT2D eigenvalue weighted by Crippen LogP contribution is 2.32. The van der Waals surface area contributed by atoms with Gasteiger partial charge in [-0.25, -0.2) is 4.98 Å². The molecular weight excluding hydrogens is 322 g/mol. The monoisotopic (exact) mass is 333 g/mol. The number of carbonyl (C=O) groups excluding carboxylic acids is 1. The zero-order valence-corrected chi connectivity index (χ0v) is 12.3. The van der Waals surface area contributed by atoms with Crippen LogP contribution in [0.25, 0.3) is 0 Å². The Balaban J connectivity index is 1.84. The van der Waals surface area contributed by atoms with Crippen LogP contribution in [0.3, 0.4) is 0 Å². The van der Waals surface area contributed by atoms with Crippen molar-refractivity contribution in [1.29, 1.82) is 0 Å². The Morgan fingerprint density at radius 2 is 2.20 bits per heavy atom. The lowest BCUT2D eigenvalue weighted by molar-refractivity contribution is -0.122. The highest BCUT2D eigenvalue weighted by atomic mass is 79.9. The number of aromatic nitrogens is 1. The molecule has 0 aliphatic carbocycles. The normalized spacial score (nSPS) is 16.9. The van der Waals surface area contributed by atoms with Gasteiger partial charge in [-0.2, -0.15) is 0 Å². The molecule has 0 saturated carbocycles. The number of amides is 1. The van der Waals surface area contributed by atoms with Crippen molar-refractivity contribution >= 4 is 39.0 Å². The minimum atomic E-state index is -0.463. The lowest BCUT2D eigenvalue weighted by Gasteiger charge is -2.23. The summed E-state index contributed by atoms with van der Waals surface area (Å²) in [5.74, 6) is 1.26. The highest BCUT2D eigenvalue weighted by molar-refractivity contribution is 9.10. The van der Waals surface area contributed by atoms with E-state index in [1.165, 1.54) is 0 Å². The molecule has 1 atom stereocenters. The number of ether oxygens (including phenoxy) is 1. The molecule has 0 saturated heterocycles. The maximum absolute atomic E-state index is 11.6. The molecule has 20 heavy (non-hydrogen) atoms. The molecule has 0 radical (unpaired) electrons. The van der Waals surface area contributed by atoms with E-state index >= 15 is 0 Å². The molecule has 3 rings (SSSR count). The molecule has 1 aromatic carbocycles. The molecule has 6 heteroatoms. The molecule has 1 aromatic heterocycles. The maximum Gasteiger partial charge on any atom is 0.265 e. The second kappa shape index (κ2) is 5.13. The van der Waals surface area contributed by atoms with Crippen molar-refractivity contribution in [1.82, 2.24) is 4.98 Å². The van der Waals surface area contributed by atoms with Gasteiger partial charge in [0.2, 0.25) is 0 Å². The standard InChI is InChI=1S/C14H12BrN3O2/c1-8-14(19)18-11-6-10(3-4-12(11)20-8)17-13-5-2-9(15)7-16-13/h2-8H,1H3,(H,16,17)(H,18,19). The predicted molar refractivity (Wildman–Crippen MR) is 80.4 cm³/mol. The Morgan fingerprint density at radius 1 is 1.35 bits per heavy atom. The SMILES string of the molecule is CC1Oc2ccc(Nc3ccc(Br)cn3)cc2NC1=O. The number of anilines is 3. The fraction of sp³-hybridized carbons (Fsp3) is 0.143. The summed E-state index contributed by atoms with van der Waals surface area (Å²) in [5.41, 5.74) is 1.49. The topological polar surface area (TPSA) is 63.2 Å². The molecule has 0 spiro atoms. The van der Waals surface area contributed by atoms with Gasteiger partial charge in [0, 0.05) is 16.4 Å². The number of pyridine rings is 1. The zero-order valence-electron chi connectivity index (χ0n) is 10.7. The van der Waals surface area contributed by atoms with Gasteiger partial charge in [-0.15, -0.1) is 0 Å². The number of halogens is 1. The Hall–Kier alpha value is -2.08. The first-order valence-corrected chi connectivity index (χ1v) is 6.91. The summed E-state index contributed by atoms with van der Waals surface area (Å²) in [6.45, 7) is 1.72. The van der Waals surface area contributed by atoms with Crippen LogP contribution in [-0.2, 0) is 4.79 Å². The fourth-order valence-corrected chi connectivity index (χ4v) is 2.12. The number of carbonyl (C=O) groups is 1. The number of hydrogen-bond acceptors (Lipinski definition) is 4. The molecule has 2 aromatic rings. The first-order valence-electron chi connectivity index (χ1n) is 6.12. The van der Waals surface area contributed by atoms with Crippen LogP contribution in [0.1, 0.15) is 6.92 Å². The second-order valence-electron chi connectivity index (χ2n) is 4.45. The summed E-state index contributed by atoms with van der Waals surface area (Å²) in [5, 5.41) is 5.98. The summed E-state index contributed by atoms with van der Waals surface area (Å²) in [4.78, 5) is 15.8. The third kappa shape index (κ3) is 2.60. The smallest absolute Gasteiger partial charge is 0.265 e. The Labute approximate surface area is 124 Å². The number of benzene rings is 1. The molecule has 5 nitrogen and oxygen atoms in total. The van der Waals surface area contributed by atoms with E-state index in [2.05, 4.69) is 31.5 Å². The number of fused-ring (bicyclic) bond motifs is 1. The third-order valence-electron chi connectivity index (χ3n) is 2.91. The van der Waals surface area contributed by atoms with Crippen LogP contribution in [0.4, 0.5) is 17.2 Å². The van der Waals surface area contributed by atoms with E-state index in [9.17, 15) is 4.79 Å². The van der Waals surface area contributed by atoms with Gasteiger partial charge in [-0.1, -0.05) is 0 Å². The third-order valence-corrected chi connectivity index (χ3v) is 3.38. The van der Waals surface area contributed by atoms with Crippen molar-refractivity contribution in [2.75, 3.05) is 10.6 Å². The highest BCUT2D eigenvalue weighted by Gasteiger charge is 2.23. The molecule has 1 aliphatic rings. The van der Waals surface area contributed by atoms with E-state index in [-0.39, 0.29) is 5.91 Å². The number of nitrogens with one attached hydrogen (secondary N) is 2. The van der Waals surface area contributed by atoms with Gasteiger partial charge in [0.15, 0.2) is 6.10 Å². The van der Waals surface area contributed by atoms with Crippen LogP contribution in [0, 0.1) is 0 Å². The van der Waals surface area contributed by atoms with E-state index in [0.29, 0.717) is 11.4 Å². The lowest BCUT2D eigenvalue weighted by atomic mass is 10.2. The van der Waals surface area contributed by atoms with Crippen molar-refractivity contribution in [2.24, 2.45) is 0 Å². The van der Waals surface area contributed by atoms with Crippen LogP contribution < -0.4 is 15.4 Å². The van der Waals surface area contributed by atoms with Crippen molar-refractivity contribution in [3.05, 3.63) is 41.0 Å². The molecule has 1 unspecified atom stereocenters. The van der Waals surface area contributed by atoms with Crippen LogP contribution in [0.2, 0.25) is 0 Å². The van der Waals surface area contributed by atoms with Crippen molar-refractivity contribution in [2.45, 2.75) is 13.0 Å². The van der Waals surface area contributed by atoms with Crippen LogP contribution in [0.5, 0.6) is 5.75 Å². The minimum absolute atomic E-state index is 0.142. The van der Waals surface area contributed by atoms with Crippen LogP contribution in [0.15, 0.2) is 41.0 Å². The summed E-state index contributed by atoms with van der Waals surface area (Å²) in [6.07, 6.45) is 1.25. The van der Waals surface area contributed by atoms with Crippen LogP contribution >= 0.6 is 15.9 Å². The minimum Gasteiger partial charge on any atom is -0.479 e. The second-order valence-corrected chi connectivity index (χ2v) is 5.36. The molecule has 2 N–H and O–H groups in total. The summed E-state index contributed by atoms with van der Waals surface area (Å²) in [7, 11) is 0. The largest absolute Gasteiger partial charge is 0.479 e. The zero-order chi connectivity index (χ0) is 14.1. The van der Waals surface area contributed by atoms with E-state index < -0.39 is 6.10 Å². The van der Waals surface area contributed by atoms with E-state index in [0.717, 1.165) is 16.0 Å². The fourth-order valence-electron chi connectivity index (χ4n) is 1.88. The average molecular weight is 334 g/mol. The van der Waals surface area contributed by atoms with Crippen molar-refractivity contribution in [3.8, 4) is 5.75 Å². The molecule has 0 bridgehead atoms. The van der Waals surface area contributed by atoms with Gasteiger partial charge in [0.05, 0.1) is 5.69 Å². The number of hydrogen-bond donors (Lipinski definition) is 2. The van der Waals surface area contributed by atoms with Gasteiger partial charge >= 0.3 is 0 Å². The van der Waals surface area contributed by atoms with Gasteiger partial charge in [0.1, 0.15) is 11.6 Å². The number of rotatable bonds is 2. The van der Waals surface area contributed by atoms with E-state index in [1.807, 2.05) is 30.3 Å². The Morgan fingerprint density at radius 3 is 2.95 bits per heavy atom. The molecule has 102 valence electrons. The summed E-state index contributed by atoms with van der Waals surface area (Å²) >= 11 is 3.34. The summed E-state index contributed by atoms with van der Waals surface area (Å²) in [6, 6.07) is 9.29. The molecular formula is C14H12BrN3O2. The maximum atomic E-state index is 11.6. The Bertz CT molecular complexity index is 658. The van der Waals surface area contributed by atoms with Gasteiger partial charge in [0.25, 0.3) is 5.91 Å². The molecule has 1 aliphatic heterocycles. The lowest BCUT2D eigenvalue weighted by Crippen LogP contribution is -2.34. The molecule has 2 heterocycles. The van der Waals surface area contributed by atoms with Crippen molar-refractivity contribution in [3.63, 3.8) is 0 Å². The summed E-state index contributed by atoms with van der Waals surface area (Å²) < 4.78 is 6.42. The quantitative estimate of drug-likeness (QED) is 0.885. The van der Waals surface area contributed by atoms with Crippen molar-refractivity contribution < 1.29 is 9.53 Å². The Kier molecular flexibility index (Phi) is 3.31. The first kappa shape index (κ1) is 12.9. The van der Waals surface area contributed by atoms with Crippen LogP contribution in [-0.4, -0.2) is 17.0 Å². The first-order chi connectivity index (χ1) is 9.61. The molecule has 0 fully saturated rings. The van der Waals surface area contributed by atoms with E-state index in [4.69, 9.17) is 4.74 Å².